The first-order valence-electron chi connectivity index (χ1n) is 8.30. The Morgan fingerprint density at radius 3 is 2.60 bits per heavy atom. The molecule has 0 aliphatic carbocycles. The van der Waals surface area contributed by atoms with E-state index in [9.17, 15) is 13.2 Å². The summed E-state index contributed by atoms with van der Waals surface area (Å²) in [6.45, 7) is 7.04. The minimum Gasteiger partial charge on any atom is -0.338 e. The van der Waals surface area contributed by atoms with E-state index < -0.39 is 10.0 Å². The molecule has 0 saturated carbocycles. The second-order valence-corrected chi connectivity index (χ2v) is 8.92. The van der Waals surface area contributed by atoms with Crippen LogP contribution in [0, 0.1) is 5.41 Å². The molecule has 1 aliphatic rings. The number of sulfonamides is 1. The Kier molecular flexibility index (Phi) is 7.28. The fourth-order valence-corrected chi connectivity index (χ4v) is 4.12. The molecule has 25 heavy (non-hydrogen) atoms. The summed E-state index contributed by atoms with van der Waals surface area (Å²) in [5.74, 6) is -0.133. The molecule has 0 aromatic heterocycles. The summed E-state index contributed by atoms with van der Waals surface area (Å²) in [7, 11) is -3.44. The highest BCUT2D eigenvalue weighted by molar-refractivity contribution is 7.92. The van der Waals surface area contributed by atoms with Crippen molar-refractivity contribution in [2.45, 2.75) is 39.7 Å². The lowest BCUT2D eigenvalue weighted by Crippen LogP contribution is -2.54. The number of nitrogens with zero attached hydrogens (tertiary/aromatic N) is 1. The van der Waals surface area contributed by atoms with E-state index in [1.165, 1.54) is 0 Å². The van der Waals surface area contributed by atoms with E-state index in [0.717, 1.165) is 6.42 Å². The van der Waals surface area contributed by atoms with Gasteiger partial charge in [-0.1, -0.05) is 32.9 Å². The van der Waals surface area contributed by atoms with Crippen LogP contribution in [0.2, 0.25) is 0 Å². The molecule has 6 nitrogen and oxygen atoms in total. The van der Waals surface area contributed by atoms with Crippen molar-refractivity contribution in [3.05, 3.63) is 29.8 Å². The Morgan fingerprint density at radius 2 is 2.00 bits per heavy atom. The van der Waals surface area contributed by atoms with Gasteiger partial charge in [-0.15, -0.1) is 12.4 Å². The number of benzene rings is 1. The van der Waals surface area contributed by atoms with Crippen LogP contribution in [0.5, 0.6) is 0 Å². The molecular formula is C17H28ClN3O3S. The first-order valence-corrected chi connectivity index (χ1v) is 9.96. The van der Waals surface area contributed by atoms with Gasteiger partial charge in [0.25, 0.3) is 5.91 Å². The van der Waals surface area contributed by atoms with Crippen molar-refractivity contribution in [3.63, 3.8) is 0 Å². The Bertz CT molecular complexity index is 707. The van der Waals surface area contributed by atoms with E-state index >= 15 is 0 Å². The third-order valence-electron chi connectivity index (χ3n) is 4.50. The molecule has 1 aliphatic heterocycles. The molecule has 1 amide bonds. The zero-order valence-corrected chi connectivity index (χ0v) is 16.6. The molecule has 1 heterocycles. The van der Waals surface area contributed by atoms with Gasteiger partial charge in [0.2, 0.25) is 10.0 Å². The number of nitrogens with one attached hydrogen (secondary N) is 1. The Morgan fingerprint density at radius 1 is 1.36 bits per heavy atom. The number of anilines is 1. The maximum absolute atomic E-state index is 12.9. The molecule has 0 radical (unpaired) electrons. The van der Waals surface area contributed by atoms with Crippen molar-refractivity contribution in [1.29, 1.82) is 0 Å². The zero-order valence-electron chi connectivity index (χ0n) is 15.0. The molecule has 0 spiro atoms. The quantitative estimate of drug-likeness (QED) is 0.808. The van der Waals surface area contributed by atoms with Crippen LogP contribution in [0.4, 0.5) is 5.69 Å². The van der Waals surface area contributed by atoms with E-state index in [2.05, 4.69) is 4.72 Å². The standard InChI is InChI=1S/C17H27N3O3S.ClH/c1-4-11-24(22,23)19-14-8-6-5-7-13(14)16(21)20-10-9-15(18)17(2,3)12-20;/h5-8,15,19H,4,9-12,18H2,1-3H3;1H. The predicted octanol–water partition coefficient (Wildman–Crippen LogP) is 2.46. The maximum atomic E-state index is 12.9. The highest BCUT2D eigenvalue weighted by Gasteiger charge is 2.36. The van der Waals surface area contributed by atoms with Gasteiger partial charge in [-0.3, -0.25) is 9.52 Å². The van der Waals surface area contributed by atoms with E-state index in [0.29, 0.717) is 30.8 Å². The summed E-state index contributed by atoms with van der Waals surface area (Å²) in [5.41, 5.74) is 6.68. The number of rotatable bonds is 5. The molecular weight excluding hydrogens is 362 g/mol. The van der Waals surface area contributed by atoms with Gasteiger partial charge in [0.15, 0.2) is 0 Å². The van der Waals surface area contributed by atoms with Crippen molar-refractivity contribution >= 4 is 34.0 Å². The number of carbonyl (C=O) groups excluding carboxylic acids is 1. The fourth-order valence-electron chi connectivity index (χ4n) is 2.96. The Hall–Kier alpha value is -1.31. The molecule has 142 valence electrons. The number of para-hydroxylation sites is 1. The summed E-state index contributed by atoms with van der Waals surface area (Å²) in [5, 5.41) is 0. The largest absolute Gasteiger partial charge is 0.338 e. The van der Waals surface area contributed by atoms with E-state index in [-0.39, 0.29) is 35.5 Å². The molecule has 8 heteroatoms. The lowest BCUT2D eigenvalue weighted by atomic mass is 9.79. The van der Waals surface area contributed by atoms with Crippen molar-refractivity contribution < 1.29 is 13.2 Å². The summed E-state index contributed by atoms with van der Waals surface area (Å²) in [4.78, 5) is 14.7. The number of hydrogen-bond donors (Lipinski definition) is 2. The van der Waals surface area contributed by atoms with Crippen LogP contribution in [0.25, 0.3) is 0 Å². The van der Waals surface area contributed by atoms with Crippen LogP contribution in [0.1, 0.15) is 44.0 Å². The van der Waals surface area contributed by atoms with E-state index in [1.54, 1.807) is 36.1 Å². The second-order valence-electron chi connectivity index (χ2n) is 7.08. The zero-order chi connectivity index (χ0) is 18.0. The lowest BCUT2D eigenvalue weighted by Gasteiger charge is -2.42. The monoisotopic (exact) mass is 389 g/mol. The van der Waals surface area contributed by atoms with E-state index in [4.69, 9.17) is 5.73 Å². The summed E-state index contributed by atoms with van der Waals surface area (Å²) in [6, 6.07) is 6.80. The summed E-state index contributed by atoms with van der Waals surface area (Å²) < 4.78 is 26.6. The average Bonchev–Trinajstić information content (AvgIpc) is 2.49. The van der Waals surface area contributed by atoms with Gasteiger partial charge in [-0.2, -0.15) is 0 Å². The van der Waals surface area contributed by atoms with Crippen molar-refractivity contribution in [1.82, 2.24) is 4.90 Å². The molecule has 1 unspecified atom stereocenters. The predicted molar refractivity (Wildman–Crippen MR) is 104 cm³/mol. The van der Waals surface area contributed by atoms with Gasteiger partial charge >= 0.3 is 0 Å². The fraction of sp³-hybridized carbons (Fsp3) is 0.588. The number of piperidine rings is 1. The minimum absolute atomic E-state index is 0. The van der Waals surface area contributed by atoms with Gasteiger partial charge in [-0.05, 0) is 30.4 Å². The van der Waals surface area contributed by atoms with Crippen molar-refractivity contribution in [3.8, 4) is 0 Å². The number of hydrogen-bond acceptors (Lipinski definition) is 4. The van der Waals surface area contributed by atoms with Crippen molar-refractivity contribution in [2.75, 3.05) is 23.6 Å². The van der Waals surface area contributed by atoms with Crippen LogP contribution in [0.15, 0.2) is 24.3 Å². The van der Waals surface area contributed by atoms with Gasteiger partial charge < -0.3 is 10.6 Å². The molecule has 1 saturated heterocycles. The topological polar surface area (TPSA) is 92.5 Å². The molecule has 1 fully saturated rings. The van der Waals surface area contributed by atoms with Gasteiger partial charge in [-0.25, -0.2) is 8.42 Å². The second kappa shape index (κ2) is 8.38. The number of likely N-dealkylation sites (tertiary alicyclic amines) is 1. The van der Waals surface area contributed by atoms with Crippen LogP contribution < -0.4 is 10.5 Å². The highest BCUT2D eigenvalue weighted by atomic mass is 35.5. The number of carbonyl (C=O) groups is 1. The smallest absolute Gasteiger partial charge is 0.256 e. The van der Waals surface area contributed by atoms with E-state index in [1.807, 2.05) is 13.8 Å². The third-order valence-corrected chi connectivity index (χ3v) is 5.97. The first-order chi connectivity index (χ1) is 11.2. The molecule has 1 atom stereocenters. The molecule has 2 rings (SSSR count). The number of nitrogens with two attached hydrogens (primary N) is 1. The van der Waals surface area contributed by atoms with Crippen LogP contribution in [-0.4, -0.2) is 44.1 Å². The molecule has 1 aromatic rings. The van der Waals surface area contributed by atoms with Gasteiger partial charge in [0, 0.05) is 19.1 Å². The average molecular weight is 390 g/mol. The van der Waals surface area contributed by atoms with Crippen LogP contribution >= 0.6 is 12.4 Å². The summed E-state index contributed by atoms with van der Waals surface area (Å²) >= 11 is 0. The third kappa shape index (κ3) is 5.33. The van der Waals surface area contributed by atoms with Crippen LogP contribution in [0.3, 0.4) is 0 Å². The Labute approximate surface area is 156 Å². The van der Waals surface area contributed by atoms with Crippen LogP contribution in [-0.2, 0) is 10.0 Å². The van der Waals surface area contributed by atoms with Crippen molar-refractivity contribution in [2.24, 2.45) is 11.1 Å². The first kappa shape index (κ1) is 21.7. The maximum Gasteiger partial charge on any atom is 0.256 e. The van der Waals surface area contributed by atoms with Gasteiger partial charge in [0.05, 0.1) is 17.0 Å². The molecule has 1 aromatic carbocycles. The lowest BCUT2D eigenvalue weighted by molar-refractivity contribution is 0.0534. The number of amides is 1. The highest BCUT2D eigenvalue weighted by Crippen LogP contribution is 2.29. The molecule has 0 bridgehead atoms. The normalized spacial score (nSPS) is 19.8. The number of halogens is 1. The SMILES string of the molecule is CCCS(=O)(=O)Nc1ccccc1C(=O)N1CCC(N)C(C)(C)C1.Cl. The molecule has 3 N–H and O–H groups in total. The summed E-state index contributed by atoms with van der Waals surface area (Å²) in [6.07, 6.45) is 1.26. The Balaban J connectivity index is 0.00000312. The minimum atomic E-state index is -3.44. The van der Waals surface area contributed by atoms with Gasteiger partial charge in [0.1, 0.15) is 0 Å².